The first-order chi connectivity index (χ1) is 13.5. The zero-order valence-electron chi connectivity index (χ0n) is 16.1. The molecule has 2 aromatic heterocycles. The average molecular weight is 398 g/mol. The Labute approximate surface area is 170 Å². The van der Waals surface area contributed by atoms with Crippen LogP contribution in [0.5, 0.6) is 0 Å². The van der Waals surface area contributed by atoms with Gasteiger partial charge in [0.1, 0.15) is 5.82 Å². The fourth-order valence-corrected chi connectivity index (χ4v) is 3.00. The Balaban J connectivity index is 2.02. The number of para-hydroxylation sites is 1. The van der Waals surface area contributed by atoms with Crippen molar-refractivity contribution in [2.75, 3.05) is 17.2 Å². The summed E-state index contributed by atoms with van der Waals surface area (Å²) in [5.41, 5.74) is 3.21. The highest BCUT2D eigenvalue weighted by atomic mass is 35.5. The molecule has 0 saturated carbocycles. The molecule has 0 amide bonds. The third-order valence-corrected chi connectivity index (χ3v) is 4.76. The first-order valence-electron chi connectivity index (χ1n) is 9.18. The van der Waals surface area contributed by atoms with E-state index < -0.39 is 0 Å². The Morgan fingerprint density at radius 1 is 1.07 bits per heavy atom. The lowest BCUT2D eigenvalue weighted by Crippen LogP contribution is -2.30. The number of pyridine rings is 1. The first kappa shape index (κ1) is 20.0. The largest absolute Gasteiger partial charge is 0.394 e. The molecule has 0 unspecified atom stereocenters. The van der Waals surface area contributed by atoms with Crippen LogP contribution in [0.1, 0.15) is 19.4 Å². The summed E-state index contributed by atoms with van der Waals surface area (Å²) >= 11 is 6.36. The van der Waals surface area contributed by atoms with Gasteiger partial charge in [0.25, 0.3) is 0 Å². The molecule has 1 atom stereocenters. The highest BCUT2D eigenvalue weighted by Gasteiger charge is 2.16. The van der Waals surface area contributed by atoms with Crippen LogP contribution in [0.25, 0.3) is 11.4 Å². The van der Waals surface area contributed by atoms with Crippen LogP contribution in [0, 0.1) is 12.8 Å². The zero-order chi connectivity index (χ0) is 20.1. The minimum absolute atomic E-state index is 0.0127. The Bertz CT molecular complexity index is 913. The second-order valence-electron chi connectivity index (χ2n) is 6.91. The van der Waals surface area contributed by atoms with E-state index in [0.29, 0.717) is 22.5 Å². The number of nitrogens with one attached hydrogen (secondary N) is 2. The minimum atomic E-state index is -0.158. The Morgan fingerprint density at radius 2 is 1.89 bits per heavy atom. The monoisotopic (exact) mass is 397 g/mol. The lowest BCUT2D eigenvalue weighted by Gasteiger charge is -2.21. The van der Waals surface area contributed by atoms with E-state index in [1.165, 1.54) is 0 Å². The predicted molar refractivity (Wildman–Crippen MR) is 114 cm³/mol. The van der Waals surface area contributed by atoms with Gasteiger partial charge in [-0.2, -0.15) is 4.98 Å². The van der Waals surface area contributed by atoms with Crippen LogP contribution < -0.4 is 10.6 Å². The fourth-order valence-electron chi connectivity index (χ4n) is 2.73. The van der Waals surface area contributed by atoms with Gasteiger partial charge in [0.05, 0.1) is 34.7 Å². The van der Waals surface area contributed by atoms with Crippen molar-refractivity contribution in [1.29, 1.82) is 0 Å². The van der Waals surface area contributed by atoms with Gasteiger partial charge in [-0.05, 0) is 36.6 Å². The Hall–Kier alpha value is -2.70. The molecule has 0 saturated heterocycles. The number of nitrogens with zero attached hydrogens (tertiary/aromatic N) is 3. The van der Waals surface area contributed by atoms with Crippen molar-refractivity contribution < 1.29 is 5.11 Å². The number of anilines is 3. The van der Waals surface area contributed by atoms with Crippen molar-refractivity contribution in [3.8, 4) is 11.4 Å². The summed E-state index contributed by atoms with van der Waals surface area (Å²) < 4.78 is 0. The number of benzene rings is 1. The number of hydrogen-bond donors (Lipinski definition) is 3. The van der Waals surface area contributed by atoms with Gasteiger partial charge in [-0.3, -0.25) is 4.98 Å². The molecule has 7 heteroatoms. The third kappa shape index (κ3) is 4.77. The maximum absolute atomic E-state index is 9.66. The number of aryl methyl sites for hydroxylation is 1. The predicted octanol–water partition coefficient (Wildman–Crippen LogP) is 4.67. The van der Waals surface area contributed by atoms with Crippen LogP contribution in [0.3, 0.4) is 0 Å². The van der Waals surface area contributed by atoms with E-state index in [2.05, 4.69) is 25.6 Å². The molecule has 3 aromatic rings. The van der Waals surface area contributed by atoms with Gasteiger partial charge in [-0.1, -0.05) is 43.6 Å². The molecule has 28 heavy (non-hydrogen) atoms. The molecule has 0 radical (unpaired) electrons. The average Bonchev–Trinajstić information content (AvgIpc) is 2.69. The molecule has 0 aliphatic heterocycles. The molecule has 0 aliphatic carbocycles. The molecule has 2 heterocycles. The lowest BCUT2D eigenvalue weighted by atomic mass is 10.1. The molecule has 6 nitrogen and oxygen atoms in total. The summed E-state index contributed by atoms with van der Waals surface area (Å²) in [6.07, 6.45) is 1.72. The van der Waals surface area contributed by atoms with E-state index in [-0.39, 0.29) is 18.6 Å². The number of hydrogen-bond acceptors (Lipinski definition) is 6. The molecule has 146 valence electrons. The van der Waals surface area contributed by atoms with E-state index in [1.54, 1.807) is 6.20 Å². The van der Waals surface area contributed by atoms with Crippen molar-refractivity contribution in [2.45, 2.75) is 26.8 Å². The van der Waals surface area contributed by atoms with Gasteiger partial charge in [0, 0.05) is 12.3 Å². The normalized spacial score (nSPS) is 12.1. The molecule has 0 aliphatic rings. The van der Waals surface area contributed by atoms with E-state index in [1.807, 2.05) is 63.2 Å². The number of halogens is 1. The molecule has 3 rings (SSSR count). The summed E-state index contributed by atoms with van der Waals surface area (Å²) in [6.45, 7) is 6.03. The molecular weight excluding hydrogens is 374 g/mol. The van der Waals surface area contributed by atoms with Gasteiger partial charge in [0.15, 0.2) is 0 Å². The maximum atomic E-state index is 9.66. The zero-order valence-corrected chi connectivity index (χ0v) is 16.9. The highest BCUT2D eigenvalue weighted by molar-refractivity contribution is 6.33. The Kier molecular flexibility index (Phi) is 6.44. The van der Waals surface area contributed by atoms with Crippen LogP contribution in [0.2, 0.25) is 5.02 Å². The minimum Gasteiger partial charge on any atom is -0.394 e. The summed E-state index contributed by atoms with van der Waals surface area (Å²) in [4.78, 5) is 13.6. The van der Waals surface area contributed by atoms with Crippen LogP contribution in [0.15, 0.2) is 48.7 Å². The van der Waals surface area contributed by atoms with E-state index in [4.69, 9.17) is 11.6 Å². The third-order valence-electron chi connectivity index (χ3n) is 4.44. The van der Waals surface area contributed by atoms with Crippen LogP contribution in [0.4, 0.5) is 17.5 Å². The summed E-state index contributed by atoms with van der Waals surface area (Å²) in [5, 5.41) is 16.8. The summed E-state index contributed by atoms with van der Waals surface area (Å²) in [7, 11) is 0. The van der Waals surface area contributed by atoms with Crippen LogP contribution in [-0.4, -0.2) is 32.7 Å². The number of rotatable bonds is 7. The quantitative estimate of drug-likeness (QED) is 0.537. The maximum Gasteiger partial charge on any atom is 0.225 e. The number of aliphatic hydroxyl groups is 1. The van der Waals surface area contributed by atoms with E-state index >= 15 is 0 Å². The summed E-state index contributed by atoms with van der Waals surface area (Å²) in [5.74, 6) is 1.23. The van der Waals surface area contributed by atoms with Crippen LogP contribution >= 0.6 is 11.6 Å². The lowest BCUT2D eigenvalue weighted by molar-refractivity contribution is 0.248. The standard InChI is InChI=1S/C21H24ClN5O/c1-13(2)18(12-28)25-21-24-17(16-9-4-5-10-23-16)11-19(27-21)26-20-14(3)7-6-8-15(20)22/h4-11,13,18,28H,12H2,1-3H3,(H2,24,25,26,27)/t18-/m1/s1. The first-order valence-corrected chi connectivity index (χ1v) is 9.55. The van der Waals surface area contributed by atoms with Crippen LogP contribution in [-0.2, 0) is 0 Å². The molecular formula is C21H24ClN5O. The van der Waals surface area contributed by atoms with Crippen molar-refractivity contribution in [3.05, 3.63) is 59.2 Å². The van der Waals surface area contributed by atoms with Gasteiger partial charge in [-0.15, -0.1) is 0 Å². The second-order valence-corrected chi connectivity index (χ2v) is 7.32. The van der Waals surface area contributed by atoms with Gasteiger partial charge in [-0.25, -0.2) is 4.98 Å². The van der Waals surface area contributed by atoms with Gasteiger partial charge < -0.3 is 15.7 Å². The summed E-state index contributed by atoms with van der Waals surface area (Å²) in [6, 6.07) is 13.1. The second kappa shape index (κ2) is 8.99. The molecule has 0 bridgehead atoms. The molecule has 0 spiro atoms. The smallest absolute Gasteiger partial charge is 0.225 e. The topological polar surface area (TPSA) is 83.0 Å². The molecule has 0 fully saturated rings. The van der Waals surface area contributed by atoms with Crippen molar-refractivity contribution in [3.63, 3.8) is 0 Å². The number of aromatic nitrogens is 3. The van der Waals surface area contributed by atoms with Gasteiger partial charge >= 0.3 is 0 Å². The highest BCUT2D eigenvalue weighted by Crippen LogP contribution is 2.30. The van der Waals surface area contributed by atoms with Gasteiger partial charge in [0.2, 0.25) is 5.95 Å². The Morgan fingerprint density at radius 3 is 2.54 bits per heavy atom. The van der Waals surface area contributed by atoms with E-state index in [9.17, 15) is 5.11 Å². The molecule has 3 N–H and O–H groups in total. The van der Waals surface area contributed by atoms with Crippen molar-refractivity contribution in [1.82, 2.24) is 15.0 Å². The van der Waals surface area contributed by atoms with Crippen molar-refractivity contribution >= 4 is 29.1 Å². The SMILES string of the molecule is Cc1cccc(Cl)c1Nc1cc(-c2ccccn2)nc(N[C@H](CO)C(C)C)n1. The van der Waals surface area contributed by atoms with Crippen molar-refractivity contribution in [2.24, 2.45) is 5.92 Å². The fraction of sp³-hybridized carbons (Fsp3) is 0.286. The van der Waals surface area contributed by atoms with E-state index in [0.717, 1.165) is 16.9 Å². The number of aliphatic hydroxyl groups excluding tert-OH is 1. The molecule has 1 aromatic carbocycles.